The molecule has 0 unspecified atom stereocenters. The fourth-order valence-electron chi connectivity index (χ4n) is 0.824. The third-order valence-electron chi connectivity index (χ3n) is 1.67. The van der Waals surface area contributed by atoms with Gasteiger partial charge in [0.2, 0.25) is 0 Å². The van der Waals surface area contributed by atoms with Crippen molar-refractivity contribution in [1.29, 1.82) is 5.26 Å². The molecule has 1 aromatic rings. The Balaban J connectivity index is 3.38. The summed E-state index contributed by atoms with van der Waals surface area (Å²) in [5.41, 5.74) is 3.55. The standard InChI is InChI=1S/C7H8N4O/c1-4-5(2)9-10-7(11-12)6(4)3-8/h12H,1-2H3,(H,10,11). The summed E-state index contributed by atoms with van der Waals surface area (Å²) >= 11 is 0. The first-order chi connectivity index (χ1) is 5.70. The quantitative estimate of drug-likeness (QED) is 0.599. The molecule has 0 aliphatic rings. The molecule has 62 valence electrons. The van der Waals surface area contributed by atoms with Gasteiger partial charge in [-0.2, -0.15) is 10.4 Å². The van der Waals surface area contributed by atoms with E-state index in [9.17, 15) is 0 Å². The molecule has 0 aromatic carbocycles. The topological polar surface area (TPSA) is 81.8 Å². The Bertz CT molecular complexity index is 342. The molecule has 0 bridgehead atoms. The summed E-state index contributed by atoms with van der Waals surface area (Å²) < 4.78 is 0. The van der Waals surface area contributed by atoms with Crippen molar-refractivity contribution in [2.75, 3.05) is 5.48 Å². The van der Waals surface area contributed by atoms with Gasteiger partial charge in [0.15, 0.2) is 5.82 Å². The normalized spacial score (nSPS) is 9.17. The Labute approximate surface area is 69.6 Å². The molecule has 5 heteroatoms. The van der Waals surface area contributed by atoms with Gasteiger partial charge in [0.1, 0.15) is 11.6 Å². The Morgan fingerprint density at radius 3 is 2.58 bits per heavy atom. The van der Waals surface area contributed by atoms with E-state index in [2.05, 4.69) is 10.2 Å². The van der Waals surface area contributed by atoms with Gasteiger partial charge in [0.05, 0.1) is 5.69 Å². The number of nitrogens with one attached hydrogen (secondary N) is 1. The Morgan fingerprint density at radius 1 is 1.42 bits per heavy atom. The molecule has 12 heavy (non-hydrogen) atoms. The van der Waals surface area contributed by atoms with E-state index in [0.29, 0.717) is 11.3 Å². The number of rotatable bonds is 1. The van der Waals surface area contributed by atoms with Crippen LogP contribution < -0.4 is 5.48 Å². The van der Waals surface area contributed by atoms with Crippen molar-refractivity contribution in [3.8, 4) is 6.07 Å². The van der Waals surface area contributed by atoms with Crippen LogP contribution in [0.2, 0.25) is 0 Å². The third-order valence-corrected chi connectivity index (χ3v) is 1.67. The molecule has 0 spiro atoms. The van der Waals surface area contributed by atoms with Crippen molar-refractivity contribution in [3.63, 3.8) is 0 Å². The average molecular weight is 164 g/mol. The molecule has 2 N–H and O–H groups in total. The maximum atomic E-state index is 8.69. The summed E-state index contributed by atoms with van der Waals surface area (Å²) in [4.78, 5) is 0. The minimum absolute atomic E-state index is 0.0978. The Morgan fingerprint density at radius 2 is 2.08 bits per heavy atom. The van der Waals surface area contributed by atoms with Gasteiger partial charge in [-0.15, -0.1) is 5.10 Å². The molecule has 0 amide bonds. The lowest BCUT2D eigenvalue weighted by atomic mass is 10.1. The van der Waals surface area contributed by atoms with E-state index < -0.39 is 0 Å². The number of anilines is 1. The number of hydrogen-bond acceptors (Lipinski definition) is 5. The van der Waals surface area contributed by atoms with E-state index in [4.69, 9.17) is 10.5 Å². The number of aromatic nitrogens is 2. The van der Waals surface area contributed by atoms with E-state index in [-0.39, 0.29) is 5.82 Å². The largest absolute Gasteiger partial charge is 0.290 e. The first-order valence-electron chi connectivity index (χ1n) is 3.34. The van der Waals surface area contributed by atoms with Gasteiger partial charge >= 0.3 is 0 Å². The molecule has 0 aliphatic heterocycles. The summed E-state index contributed by atoms with van der Waals surface area (Å²) in [6.07, 6.45) is 0. The number of nitriles is 1. The monoisotopic (exact) mass is 164 g/mol. The van der Waals surface area contributed by atoms with Crippen molar-refractivity contribution in [2.24, 2.45) is 0 Å². The van der Waals surface area contributed by atoms with E-state index in [1.807, 2.05) is 11.5 Å². The lowest BCUT2D eigenvalue weighted by Crippen LogP contribution is -2.03. The van der Waals surface area contributed by atoms with Crippen LogP contribution in [0.25, 0.3) is 0 Å². The molecule has 1 heterocycles. The molecule has 0 saturated carbocycles. The summed E-state index contributed by atoms with van der Waals surface area (Å²) in [5.74, 6) is 0.0978. The molecule has 1 aromatic heterocycles. The highest BCUT2D eigenvalue weighted by Gasteiger charge is 2.08. The molecule has 0 radical (unpaired) electrons. The number of aryl methyl sites for hydroxylation is 1. The van der Waals surface area contributed by atoms with Crippen LogP contribution in [0.4, 0.5) is 5.82 Å². The van der Waals surface area contributed by atoms with Crippen LogP contribution in [0.1, 0.15) is 16.8 Å². The Kier molecular flexibility index (Phi) is 2.21. The molecule has 5 nitrogen and oxygen atoms in total. The lowest BCUT2D eigenvalue weighted by molar-refractivity contribution is 0.384. The van der Waals surface area contributed by atoms with Crippen LogP contribution >= 0.6 is 0 Å². The predicted octanol–water partition coefficient (Wildman–Crippen LogP) is 0.766. The molecule has 0 aliphatic carbocycles. The maximum absolute atomic E-state index is 8.69. The second-order valence-corrected chi connectivity index (χ2v) is 2.36. The van der Waals surface area contributed by atoms with Gasteiger partial charge in [-0.25, -0.2) is 5.48 Å². The van der Waals surface area contributed by atoms with Crippen molar-refractivity contribution >= 4 is 5.82 Å². The zero-order valence-corrected chi connectivity index (χ0v) is 6.79. The van der Waals surface area contributed by atoms with Crippen molar-refractivity contribution < 1.29 is 5.21 Å². The van der Waals surface area contributed by atoms with Gasteiger partial charge in [-0.3, -0.25) is 5.21 Å². The first kappa shape index (κ1) is 8.43. The van der Waals surface area contributed by atoms with Crippen molar-refractivity contribution in [2.45, 2.75) is 13.8 Å². The first-order valence-corrected chi connectivity index (χ1v) is 3.34. The average Bonchev–Trinajstić information content (AvgIpc) is 2.09. The second-order valence-electron chi connectivity index (χ2n) is 2.36. The molecular formula is C7H8N4O. The summed E-state index contributed by atoms with van der Waals surface area (Å²) in [6.45, 7) is 3.51. The van der Waals surface area contributed by atoms with Crippen LogP contribution in [0, 0.1) is 25.2 Å². The van der Waals surface area contributed by atoms with Gasteiger partial charge in [-0.05, 0) is 19.4 Å². The minimum atomic E-state index is 0.0978. The molecule has 1 rings (SSSR count). The van der Waals surface area contributed by atoms with Crippen LogP contribution in [0.3, 0.4) is 0 Å². The van der Waals surface area contributed by atoms with Crippen molar-refractivity contribution in [1.82, 2.24) is 10.2 Å². The molecule has 0 fully saturated rings. The number of nitrogens with zero attached hydrogens (tertiary/aromatic N) is 3. The van der Waals surface area contributed by atoms with E-state index >= 15 is 0 Å². The summed E-state index contributed by atoms with van der Waals surface area (Å²) in [6, 6.07) is 1.93. The van der Waals surface area contributed by atoms with Crippen LogP contribution in [-0.2, 0) is 0 Å². The smallest absolute Gasteiger partial charge is 0.190 e. The van der Waals surface area contributed by atoms with E-state index in [1.54, 1.807) is 13.8 Å². The summed E-state index contributed by atoms with van der Waals surface area (Å²) in [7, 11) is 0. The highest BCUT2D eigenvalue weighted by Crippen LogP contribution is 2.15. The zero-order chi connectivity index (χ0) is 9.14. The second kappa shape index (κ2) is 3.15. The van der Waals surface area contributed by atoms with Crippen molar-refractivity contribution in [3.05, 3.63) is 16.8 Å². The third kappa shape index (κ3) is 1.20. The highest BCUT2D eigenvalue weighted by molar-refractivity contribution is 5.54. The maximum Gasteiger partial charge on any atom is 0.190 e. The fourth-order valence-corrected chi connectivity index (χ4v) is 0.824. The minimum Gasteiger partial charge on any atom is -0.290 e. The molecular weight excluding hydrogens is 156 g/mol. The highest BCUT2D eigenvalue weighted by atomic mass is 16.5. The zero-order valence-electron chi connectivity index (χ0n) is 6.79. The van der Waals surface area contributed by atoms with Gasteiger partial charge in [0.25, 0.3) is 0 Å². The summed E-state index contributed by atoms with van der Waals surface area (Å²) in [5, 5.41) is 24.6. The molecule has 0 saturated heterocycles. The SMILES string of the molecule is Cc1nnc(NO)c(C#N)c1C. The van der Waals surface area contributed by atoms with Crippen LogP contribution in [0.15, 0.2) is 0 Å². The molecule has 0 atom stereocenters. The predicted molar refractivity (Wildman–Crippen MR) is 41.6 cm³/mol. The van der Waals surface area contributed by atoms with E-state index in [1.165, 1.54) is 0 Å². The van der Waals surface area contributed by atoms with Gasteiger partial charge in [0, 0.05) is 0 Å². The fraction of sp³-hybridized carbons (Fsp3) is 0.286. The van der Waals surface area contributed by atoms with Crippen LogP contribution in [-0.4, -0.2) is 15.4 Å². The lowest BCUT2D eigenvalue weighted by Gasteiger charge is -2.03. The van der Waals surface area contributed by atoms with Crippen LogP contribution in [0.5, 0.6) is 0 Å². The number of hydrogen-bond donors (Lipinski definition) is 2. The van der Waals surface area contributed by atoms with Gasteiger partial charge < -0.3 is 0 Å². The van der Waals surface area contributed by atoms with E-state index in [0.717, 1.165) is 5.56 Å². The Hall–Kier alpha value is -1.67. The van der Waals surface area contributed by atoms with Gasteiger partial charge in [-0.1, -0.05) is 0 Å².